The maximum Gasteiger partial charge on any atom is 0.264 e. The maximum absolute atomic E-state index is 6.18. The lowest BCUT2D eigenvalue weighted by Gasteiger charge is -2.34. The smallest absolute Gasteiger partial charge is 0.264 e. The van der Waals surface area contributed by atoms with Crippen molar-refractivity contribution in [2.24, 2.45) is 5.73 Å². The lowest BCUT2D eigenvalue weighted by Crippen LogP contribution is -2.44. The molecule has 1 aromatic carbocycles. The zero-order valence-corrected chi connectivity index (χ0v) is 14.7. The van der Waals surface area contributed by atoms with E-state index in [4.69, 9.17) is 15.0 Å². The van der Waals surface area contributed by atoms with E-state index in [1.165, 1.54) is 11.1 Å². The number of ether oxygens (including phenoxy) is 1. The van der Waals surface area contributed by atoms with Gasteiger partial charge in [-0.3, -0.25) is 0 Å². The van der Waals surface area contributed by atoms with E-state index in [0.717, 1.165) is 25.0 Å². The highest BCUT2D eigenvalue weighted by Crippen LogP contribution is 2.36. The van der Waals surface area contributed by atoms with E-state index in [0.29, 0.717) is 17.6 Å². The first kappa shape index (κ1) is 17.8. The molecule has 0 bridgehead atoms. The number of hydrogen-bond acceptors (Lipinski definition) is 5. The second kappa shape index (κ2) is 6.89. The van der Waals surface area contributed by atoms with Crippen molar-refractivity contribution in [3.63, 3.8) is 0 Å². The Morgan fingerprint density at radius 3 is 2.65 bits per heavy atom. The van der Waals surface area contributed by atoms with Crippen LogP contribution in [0.25, 0.3) is 0 Å². The van der Waals surface area contributed by atoms with Gasteiger partial charge in [0.25, 0.3) is 5.89 Å². The molecule has 6 heteroatoms. The van der Waals surface area contributed by atoms with Crippen LogP contribution in [0.4, 0.5) is 0 Å². The summed E-state index contributed by atoms with van der Waals surface area (Å²) in [7, 11) is 0. The number of benzene rings is 1. The van der Waals surface area contributed by atoms with Crippen LogP contribution in [-0.2, 0) is 12.1 Å². The van der Waals surface area contributed by atoms with Crippen LogP contribution in [-0.4, -0.2) is 10.1 Å². The minimum Gasteiger partial charge on any atom is -0.484 e. The lowest BCUT2D eigenvalue weighted by atomic mass is 9.77. The van der Waals surface area contributed by atoms with Crippen LogP contribution in [0.1, 0.15) is 61.9 Å². The third kappa shape index (κ3) is 3.67. The molecule has 5 nitrogen and oxygen atoms in total. The molecule has 0 radical (unpaired) electrons. The lowest BCUT2D eigenvalue weighted by molar-refractivity contribution is 0.223. The molecule has 1 heterocycles. The van der Waals surface area contributed by atoms with E-state index in [1.807, 2.05) is 12.1 Å². The molecular weight excluding hydrogens is 314 g/mol. The molecule has 1 aliphatic carbocycles. The quantitative estimate of drug-likeness (QED) is 0.897. The molecule has 2 N–H and O–H groups in total. The average molecular weight is 338 g/mol. The van der Waals surface area contributed by atoms with Gasteiger partial charge in [-0.25, -0.2) is 0 Å². The van der Waals surface area contributed by atoms with Crippen LogP contribution in [0.5, 0.6) is 5.75 Å². The molecule has 0 unspecified atom stereocenters. The van der Waals surface area contributed by atoms with Crippen molar-refractivity contribution in [2.75, 3.05) is 0 Å². The van der Waals surface area contributed by atoms with Crippen LogP contribution in [0.3, 0.4) is 0 Å². The Morgan fingerprint density at radius 2 is 2.09 bits per heavy atom. The summed E-state index contributed by atoms with van der Waals surface area (Å²) in [6.45, 7) is 6.74. The first-order chi connectivity index (χ1) is 10.5. The van der Waals surface area contributed by atoms with Crippen molar-refractivity contribution in [1.29, 1.82) is 0 Å². The monoisotopic (exact) mass is 337 g/mol. The van der Waals surface area contributed by atoms with Crippen molar-refractivity contribution < 1.29 is 9.26 Å². The Bertz CT molecular complexity index is 666. The second-order valence-electron chi connectivity index (χ2n) is 6.48. The summed E-state index contributed by atoms with van der Waals surface area (Å²) >= 11 is 0. The fourth-order valence-corrected chi connectivity index (χ4v) is 2.83. The zero-order valence-electron chi connectivity index (χ0n) is 13.8. The van der Waals surface area contributed by atoms with E-state index in [1.54, 1.807) is 0 Å². The molecule has 1 aliphatic rings. The molecule has 0 saturated heterocycles. The molecule has 0 atom stereocenters. The van der Waals surface area contributed by atoms with Gasteiger partial charge >= 0.3 is 0 Å². The van der Waals surface area contributed by atoms with Gasteiger partial charge in [0.15, 0.2) is 12.4 Å². The number of aryl methyl sites for hydroxylation is 1. The molecule has 126 valence electrons. The van der Waals surface area contributed by atoms with E-state index in [9.17, 15) is 0 Å². The summed E-state index contributed by atoms with van der Waals surface area (Å²) in [6.07, 6.45) is 2.96. The molecule has 0 amide bonds. The Kier molecular flexibility index (Phi) is 5.32. The minimum atomic E-state index is -0.392. The van der Waals surface area contributed by atoms with Gasteiger partial charge in [0.2, 0.25) is 0 Å². The summed E-state index contributed by atoms with van der Waals surface area (Å²) in [4.78, 5) is 4.36. The maximum atomic E-state index is 6.18. The number of aromatic nitrogens is 2. The van der Waals surface area contributed by atoms with Crippen molar-refractivity contribution in [2.45, 2.75) is 58.1 Å². The second-order valence-corrected chi connectivity index (χ2v) is 6.48. The van der Waals surface area contributed by atoms with E-state index < -0.39 is 5.54 Å². The number of hydrogen-bond donors (Lipinski definition) is 1. The molecule has 0 spiro atoms. The summed E-state index contributed by atoms with van der Waals surface area (Å²) in [5.74, 6) is 2.39. The SMILES string of the molecule is Cc1cc(OCc2nc(C3(N)CCC3)no2)ccc1C(C)C.Cl. The van der Waals surface area contributed by atoms with E-state index in [2.05, 4.69) is 37.0 Å². The van der Waals surface area contributed by atoms with Crippen molar-refractivity contribution in [3.8, 4) is 5.75 Å². The zero-order chi connectivity index (χ0) is 15.7. The minimum absolute atomic E-state index is 0. The summed E-state index contributed by atoms with van der Waals surface area (Å²) in [5.41, 5.74) is 8.36. The molecule has 1 aromatic heterocycles. The van der Waals surface area contributed by atoms with Crippen LogP contribution >= 0.6 is 12.4 Å². The molecule has 23 heavy (non-hydrogen) atoms. The number of nitrogens with zero attached hydrogens (tertiary/aromatic N) is 2. The first-order valence-corrected chi connectivity index (χ1v) is 7.83. The highest BCUT2D eigenvalue weighted by atomic mass is 35.5. The fourth-order valence-electron chi connectivity index (χ4n) is 2.83. The van der Waals surface area contributed by atoms with Gasteiger partial charge in [-0.05, 0) is 55.4 Å². The van der Waals surface area contributed by atoms with Gasteiger partial charge in [-0.2, -0.15) is 4.98 Å². The molecule has 1 saturated carbocycles. The summed E-state index contributed by atoms with van der Waals surface area (Å²) in [5, 5.41) is 3.99. The Balaban J connectivity index is 0.00000192. The molecule has 3 rings (SSSR count). The summed E-state index contributed by atoms with van der Waals surface area (Å²) < 4.78 is 11.0. The van der Waals surface area contributed by atoms with Crippen molar-refractivity contribution in [1.82, 2.24) is 10.1 Å². The highest BCUT2D eigenvalue weighted by Gasteiger charge is 2.38. The Morgan fingerprint density at radius 1 is 1.35 bits per heavy atom. The highest BCUT2D eigenvalue weighted by molar-refractivity contribution is 5.85. The van der Waals surface area contributed by atoms with Gasteiger partial charge in [-0.15, -0.1) is 12.4 Å². The fraction of sp³-hybridized carbons (Fsp3) is 0.529. The van der Waals surface area contributed by atoms with Gasteiger partial charge in [0.1, 0.15) is 5.75 Å². The first-order valence-electron chi connectivity index (χ1n) is 7.83. The molecule has 2 aromatic rings. The predicted octanol–water partition coefficient (Wildman–Crippen LogP) is 3.84. The van der Waals surface area contributed by atoms with Gasteiger partial charge in [-0.1, -0.05) is 25.1 Å². The van der Waals surface area contributed by atoms with E-state index >= 15 is 0 Å². The van der Waals surface area contributed by atoms with Crippen LogP contribution < -0.4 is 10.5 Å². The van der Waals surface area contributed by atoms with Crippen LogP contribution in [0, 0.1) is 6.92 Å². The third-order valence-electron chi connectivity index (χ3n) is 4.38. The van der Waals surface area contributed by atoms with Crippen molar-refractivity contribution >= 4 is 12.4 Å². The standard InChI is InChI=1S/C17H23N3O2.ClH/c1-11(2)14-6-5-13(9-12(14)3)21-10-15-19-16(20-22-15)17(18)7-4-8-17;/h5-6,9,11H,4,7-8,10,18H2,1-3H3;1H. The topological polar surface area (TPSA) is 74.2 Å². The summed E-state index contributed by atoms with van der Waals surface area (Å²) in [6, 6.07) is 6.14. The molecular formula is C17H24ClN3O2. The molecule has 1 fully saturated rings. The predicted molar refractivity (Wildman–Crippen MR) is 90.9 cm³/mol. The Labute approximate surface area is 143 Å². The van der Waals surface area contributed by atoms with Crippen LogP contribution in [0.15, 0.2) is 22.7 Å². The third-order valence-corrected chi connectivity index (χ3v) is 4.38. The number of rotatable bonds is 5. The van der Waals surface area contributed by atoms with Gasteiger partial charge < -0.3 is 15.0 Å². The number of nitrogens with two attached hydrogens (primary N) is 1. The van der Waals surface area contributed by atoms with E-state index in [-0.39, 0.29) is 19.0 Å². The average Bonchev–Trinajstić information content (AvgIpc) is 2.91. The van der Waals surface area contributed by atoms with Crippen molar-refractivity contribution in [3.05, 3.63) is 41.0 Å². The van der Waals surface area contributed by atoms with Crippen LogP contribution in [0.2, 0.25) is 0 Å². The van der Waals surface area contributed by atoms with Gasteiger partial charge in [0, 0.05) is 0 Å². The number of halogens is 1. The Hall–Kier alpha value is -1.59. The molecule has 0 aliphatic heterocycles. The van der Waals surface area contributed by atoms with Gasteiger partial charge in [0.05, 0.1) is 5.54 Å². The largest absolute Gasteiger partial charge is 0.484 e. The normalized spacial score (nSPS) is 15.9.